The maximum atomic E-state index is 12.5. The topological polar surface area (TPSA) is 76.2 Å². The summed E-state index contributed by atoms with van der Waals surface area (Å²) in [5.74, 6) is -0.291. The predicted octanol–water partition coefficient (Wildman–Crippen LogP) is 2.72. The number of hydrogen-bond donors (Lipinski definition) is 0. The molecule has 27 heavy (non-hydrogen) atoms. The number of amides is 1. The highest BCUT2D eigenvalue weighted by molar-refractivity contribution is 5.82. The third-order valence-corrected chi connectivity index (χ3v) is 5.42. The lowest BCUT2D eigenvalue weighted by atomic mass is 9.75. The number of nitrogens with zero attached hydrogens (tertiary/aromatic N) is 2. The van der Waals surface area contributed by atoms with Crippen molar-refractivity contribution in [3.05, 3.63) is 0 Å². The fourth-order valence-electron chi connectivity index (χ4n) is 3.13. The molecule has 0 radical (unpaired) electrons. The first-order chi connectivity index (χ1) is 12.3. The van der Waals surface area contributed by atoms with Gasteiger partial charge in [0, 0.05) is 25.6 Å². The van der Waals surface area contributed by atoms with Gasteiger partial charge in [0.2, 0.25) is 0 Å². The van der Waals surface area contributed by atoms with Crippen molar-refractivity contribution in [1.82, 2.24) is 9.80 Å². The van der Waals surface area contributed by atoms with E-state index in [1.54, 1.807) is 27.7 Å². The van der Waals surface area contributed by atoms with Crippen LogP contribution in [-0.4, -0.2) is 72.6 Å². The minimum absolute atomic E-state index is 0.0306. The van der Waals surface area contributed by atoms with Gasteiger partial charge in [-0.05, 0) is 46.1 Å². The molecule has 0 aliphatic carbocycles. The van der Waals surface area contributed by atoms with Crippen LogP contribution in [-0.2, 0) is 19.1 Å². The molecule has 0 N–H and O–H groups in total. The van der Waals surface area contributed by atoms with Crippen LogP contribution in [0.3, 0.4) is 0 Å². The SMILES string of the molecule is COC(=O)[C@@H]1CN(CCC(C)(C)[C@H](C)C(C)=O)CCN1C(=O)OC(C)(C)C. The lowest BCUT2D eigenvalue weighted by Gasteiger charge is -2.41. The van der Waals surface area contributed by atoms with E-state index in [4.69, 9.17) is 9.47 Å². The van der Waals surface area contributed by atoms with E-state index in [2.05, 4.69) is 18.7 Å². The van der Waals surface area contributed by atoms with E-state index < -0.39 is 23.7 Å². The lowest BCUT2D eigenvalue weighted by Crippen LogP contribution is -2.59. The van der Waals surface area contributed by atoms with Crippen molar-refractivity contribution in [2.75, 3.05) is 33.3 Å². The van der Waals surface area contributed by atoms with Gasteiger partial charge in [0.15, 0.2) is 0 Å². The highest BCUT2D eigenvalue weighted by Crippen LogP contribution is 2.31. The second kappa shape index (κ2) is 9.04. The van der Waals surface area contributed by atoms with E-state index in [9.17, 15) is 14.4 Å². The van der Waals surface area contributed by atoms with Gasteiger partial charge >= 0.3 is 12.1 Å². The second-order valence-corrected chi connectivity index (χ2v) is 9.08. The number of rotatable bonds is 6. The minimum atomic E-state index is -0.688. The van der Waals surface area contributed by atoms with Gasteiger partial charge in [0.25, 0.3) is 0 Å². The van der Waals surface area contributed by atoms with E-state index in [-0.39, 0.29) is 17.1 Å². The van der Waals surface area contributed by atoms with E-state index in [1.807, 2.05) is 6.92 Å². The van der Waals surface area contributed by atoms with Crippen LogP contribution < -0.4 is 0 Å². The molecular weight excluding hydrogens is 348 g/mol. The number of ether oxygens (including phenoxy) is 2. The average molecular weight is 385 g/mol. The number of methoxy groups -OCH3 is 1. The highest BCUT2D eigenvalue weighted by Gasteiger charge is 2.39. The summed E-state index contributed by atoms with van der Waals surface area (Å²) in [6, 6.07) is -0.688. The van der Waals surface area contributed by atoms with Gasteiger partial charge in [-0.1, -0.05) is 20.8 Å². The molecule has 0 bridgehead atoms. The van der Waals surface area contributed by atoms with Crippen molar-refractivity contribution in [2.24, 2.45) is 11.3 Å². The van der Waals surface area contributed by atoms with Gasteiger partial charge in [-0.15, -0.1) is 0 Å². The van der Waals surface area contributed by atoms with E-state index in [0.29, 0.717) is 19.6 Å². The third kappa shape index (κ3) is 6.79. The monoisotopic (exact) mass is 384 g/mol. The highest BCUT2D eigenvalue weighted by atomic mass is 16.6. The smallest absolute Gasteiger partial charge is 0.411 e. The molecule has 0 saturated carbocycles. The standard InChI is InChI=1S/C20H36N2O5/c1-14(15(2)23)20(6,7)9-10-21-11-12-22(16(13-21)17(24)26-8)18(25)27-19(3,4)5/h14,16H,9-13H2,1-8H3/t14-,16+/m1/s1. The number of Topliss-reactive ketones (excluding diaryl/α,β-unsaturated/α-hetero) is 1. The lowest BCUT2D eigenvalue weighted by molar-refractivity contribution is -0.149. The fraction of sp³-hybridized carbons (Fsp3) is 0.850. The predicted molar refractivity (Wildman–Crippen MR) is 103 cm³/mol. The minimum Gasteiger partial charge on any atom is -0.467 e. The maximum absolute atomic E-state index is 12.5. The van der Waals surface area contributed by atoms with Gasteiger partial charge < -0.3 is 9.47 Å². The molecule has 1 rings (SSSR count). The van der Waals surface area contributed by atoms with Crippen molar-refractivity contribution >= 4 is 17.8 Å². The summed E-state index contributed by atoms with van der Waals surface area (Å²) in [6.45, 7) is 15.4. The van der Waals surface area contributed by atoms with Crippen LogP contribution >= 0.6 is 0 Å². The molecule has 0 unspecified atom stereocenters. The molecule has 0 aromatic rings. The van der Waals surface area contributed by atoms with Crippen molar-refractivity contribution < 1.29 is 23.9 Å². The molecule has 7 heteroatoms. The average Bonchev–Trinajstić information content (AvgIpc) is 2.56. The quantitative estimate of drug-likeness (QED) is 0.656. The van der Waals surface area contributed by atoms with Crippen molar-refractivity contribution in [2.45, 2.75) is 66.5 Å². The number of ketones is 1. The summed E-state index contributed by atoms with van der Waals surface area (Å²) in [7, 11) is 1.33. The summed E-state index contributed by atoms with van der Waals surface area (Å²) in [5.41, 5.74) is -0.753. The van der Waals surface area contributed by atoms with Crippen LogP contribution in [0, 0.1) is 11.3 Å². The van der Waals surface area contributed by atoms with Crippen molar-refractivity contribution in [3.8, 4) is 0 Å². The number of piperazine rings is 1. The molecule has 1 fully saturated rings. The van der Waals surface area contributed by atoms with Crippen LogP contribution in [0.2, 0.25) is 0 Å². The maximum Gasteiger partial charge on any atom is 0.411 e. The molecular formula is C20H36N2O5. The molecule has 1 saturated heterocycles. The molecule has 0 spiro atoms. The molecule has 156 valence electrons. The molecule has 0 aromatic heterocycles. The van der Waals surface area contributed by atoms with E-state index in [1.165, 1.54) is 12.0 Å². The van der Waals surface area contributed by atoms with Gasteiger partial charge in [-0.3, -0.25) is 14.6 Å². The number of hydrogen-bond acceptors (Lipinski definition) is 6. The first kappa shape index (κ1) is 23.4. The van der Waals surface area contributed by atoms with E-state index >= 15 is 0 Å². The molecule has 1 heterocycles. The largest absolute Gasteiger partial charge is 0.467 e. The van der Waals surface area contributed by atoms with Crippen molar-refractivity contribution in [3.63, 3.8) is 0 Å². The van der Waals surface area contributed by atoms with Crippen LogP contribution in [0.25, 0.3) is 0 Å². The van der Waals surface area contributed by atoms with Crippen LogP contribution in [0.15, 0.2) is 0 Å². The molecule has 0 aromatic carbocycles. The Kier molecular flexibility index (Phi) is 7.84. The Labute approximate surface area is 163 Å². The second-order valence-electron chi connectivity index (χ2n) is 9.08. The van der Waals surface area contributed by atoms with Crippen LogP contribution in [0.5, 0.6) is 0 Å². The Morgan fingerprint density at radius 3 is 2.19 bits per heavy atom. The number of carbonyl (C=O) groups excluding carboxylic acids is 3. The zero-order chi connectivity index (χ0) is 21.0. The summed E-state index contributed by atoms with van der Waals surface area (Å²) in [5, 5.41) is 0. The third-order valence-electron chi connectivity index (χ3n) is 5.42. The van der Waals surface area contributed by atoms with Crippen LogP contribution in [0.1, 0.15) is 54.9 Å². The van der Waals surface area contributed by atoms with Crippen molar-refractivity contribution in [1.29, 1.82) is 0 Å². The summed E-state index contributed by atoms with van der Waals surface area (Å²) < 4.78 is 10.3. The Balaban J connectivity index is 2.78. The Bertz CT molecular complexity index is 553. The molecule has 7 nitrogen and oxygen atoms in total. The van der Waals surface area contributed by atoms with Crippen LogP contribution in [0.4, 0.5) is 4.79 Å². The Hall–Kier alpha value is -1.63. The summed E-state index contributed by atoms with van der Waals surface area (Å²) in [4.78, 5) is 40.0. The molecule has 2 atom stereocenters. The first-order valence-corrected chi connectivity index (χ1v) is 9.58. The molecule has 1 aliphatic rings. The van der Waals surface area contributed by atoms with E-state index in [0.717, 1.165) is 13.0 Å². The fourth-order valence-corrected chi connectivity index (χ4v) is 3.13. The molecule has 1 aliphatic heterocycles. The zero-order valence-corrected chi connectivity index (χ0v) is 18.1. The van der Waals surface area contributed by atoms with Gasteiger partial charge in [-0.25, -0.2) is 9.59 Å². The molecule has 1 amide bonds. The Morgan fingerprint density at radius 2 is 1.70 bits per heavy atom. The Morgan fingerprint density at radius 1 is 1.11 bits per heavy atom. The van der Waals surface area contributed by atoms with Gasteiger partial charge in [-0.2, -0.15) is 0 Å². The number of carbonyl (C=O) groups is 3. The van der Waals surface area contributed by atoms with Gasteiger partial charge in [0.1, 0.15) is 17.4 Å². The normalized spacial score (nSPS) is 20.1. The zero-order valence-electron chi connectivity index (χ0n) is 18.1. The summed E-state index contributed by atoms with van der Waals surface area (Å²) in [6.07, 6.45) is 0.330. The summed E-state index contributed by atoms with van der Waals surface area (Å²) >= 11 is 0. The first-order valence-electron chi connectivity index (χ1n) is 9.58. The number of esters is 1. The van der Waals surface area contributed by atoms with Gasteiger partial charge in [0.05, 0.1) is 7.11 Å².